The molecule has 0 aliphatic heterocycles. The molecule has 5 nitrogen and oxygen atoms in total. The van der Waals surface area contributed by atoms with Crippen LogP contribution in [0.1, 0.15) is 18.1 Å². The lowest BCUT2D eigenvalue weighted by atomic mass is 10.1. The lowest BCUT2D eigenvalue weighted by molar-refractivity contribution is -0.142. The topological polar surface area (TPSA) is 59.8 Å². The van der Waals surface area contributed by atoms with Gasteiger partial charge in [-0.05, 0) is 30.7 Å². The van der Waals surface area contributed by atoms with E-state index in [4.69, 9.17) is 4.42 Å². The van der Waals surface area contributed by atoms with Gasteiger partial charge < -0.3 is 9.15 Å². The molecule has 2 rings (SSSR count). The van der Waals surface area contributed by atoms with Crippen LogP contribution in [0, 0.1) is 6.92 Å². The van der Waals surface area contributed by atoms with Gasteiger partial charge in [-0.2, -0.15) is 0 Å². The first kappa shape index (κ1) is 15.3. The number of likely N-dealkylation sites (N-methyl/N-ethyl adjacent to an activating group) is 1. The molecule has 1 heterocycles. The Morgan fingerprint density at radius 1 is 1.33 bits per heavy atom. The fraction of sp³-hybridized carbons (Fsp3) is 0.375. The Bertz CT molecular complexity index is 705. The van der Waals surface area contributed by atoms with Crippen LogP contribution in [0.3, 0.4) is 0 Å². The fourth-order valence-electron chi connectivity index (χ4n) is 2.24. The zero-order valence-electron chi connectivity index (χ0n) is 12.5. The van der Waals surface area contributed by atoms with E-state index in [1.54, 1.807) is 0 Å². The number of benzene rings is 1. The van der Waals surface area contributed by atoms with E-state index in [0.717, 1.165) is 16.5 Å². The third-order valence-electron chi connectivity index (χ3n) is 3.41. The van der Waals surface area contributed by atoms with Crippen LogP contribution in [0.25, 0.3) is 11.0 Å². The number of esters is 1. The molecule has 0 aliphatic rings. The van der Waals surface area contributed by atoms with Gasteiger partial charge in [0.15, 0.2) is 0 Å². The molecule has 0 bridgehead atoms. The molecule has 0 radical (unpaired) electrons. The Morgan fingerprint density at radius 3 is 2.76 bits per heavy atom. The molecular formula is C16H19NO4. The molecule has 0 amide bonds. The highest BCUT2D eigenvalue weighted by atomic mass is 16.5. The molecule has 112 valence electrons. The first-order chi connectivity index (χ1) is 10.0. The lowest BCUT2D eigenvalue weighted by Crippen LogP contribution is -2.30. The Morgan fingerprint density at radius 2 is 2.10 bits per heavy atom. The molecule has 2 aromatic rings. The number of hydrogen-bond acceptors (Lipinski definition) is 5. The van der Waals surface area contributed by atoms with Crippen molar-refractivity contribution in [2.24, 2.45) is 0 Å². The van der Waals surface area contributed by atoms with Crippen molar-refractivity contribution in [1.29, 1.82) is 0 Å². The molecule has 0 saturated heterocycles. The van der Waals surface area contributed by atoms with Gasteiger partial charge in [0.05, 0.1) is 13.7 Å². The number of rotatable bonds is 5. The summed E-state index contributed by atoms with van der Waals surface area (Å²) in [5.41, 5.74) is 2.08. The van der Waals surface area contributed by atoms with Crippen LogP contribution < -0.4 is 5.63 Å². The van der Waals surface area contributed by atoms with Gasteiger partial charge in [0.2, 0.25) is 0 Å². The normalized spacial score (nSPS) is 11.0. The number of carbonyl (C=O) groups excluding carboxylic acids is 1. The summed E-state index contributed by atoms with van der Waals surface area (Å²) in [6.45, 7) is 5.28. The summed E-state index contributed by atoms with van der Waals surface area (Å²) in [6.07, 6.45) is 0. The third-order valence-corrected chi connectivity index (χ3v) is 3.41. The maximum Gasteiger partial charge on any atom is 0.336 e. The average molecular weight is 289 g/mol. The number of carbonyl (C=O) groups is 1. The van der Waals surface area contributed by atoms with E-state index in [9.17, 15) is 9.59 Å². The fourth-order valence-corrected chi connectivity index (χ4v) is 2.24. The second kappa shape index (κ2) is 6.54. The van der Waals surface area contributed by atoms with Crippen LogP contribution in [-0.4, -0.2) is 31.1 Å². The van der Waals surface area contributed by atoms with Crippen molar-refractivity contribution in [1.82, 2.24) is 4.90 Å². The standard InChI is InChI=1S/C16H19NO4/c1-4-17(10-16(19)20-3)9-12-8-15(18)21-14-7-11(2)5-6-13(12)14/h5-8H,4,9-10H2,1-3H3. The molecule has 21 heavy (non-hydrogen) atoms. The highest BCUT2D eigenvalue weighted by Crippen LogP contribution is 2.19. The van der Waals surface area contributed by atoms with Gasteiger partial charge in [0, 0.05) is 18.0 Å². The molecule has 0 fully saturated rings. The predicted molar refractivity (Wildman–Crippen MR) is 80.2 cm³/mol. The number of fused-ring (bicyclic) bond motifs is 1. The van der Waals surface area contributed by atoms with Gasteiger partial charge in [0.25, 0.3) is 0 Å². The van der Waals surface area contributed by atoms with E-state index < -0.39 is 0 Å². The lowest BCUT2D eigenvalue weighted by Gasteiger charge is -2.19. The van der Waals surface area contributed by atoms with Crippen molar-refractivity contribution in [2.45, 2.75) is 20.4 Å². The number of ether oxygens (including phenoxy) is 1. The monoisotopic (exact) mass is 289 g/mol. The van der Waals surface area contributed by atoms with Crippen molar-refractivity contribution in [3.8, 4) is 0 Å². The Hall–Kier alpha value is -2.14. The van der Waals surface area contributed by atoms with E-state index in [1.165, 1.54) is 13.2 Å². The predicted octanol–water partition coefficient (Wildman–Crippen LogP) is 2.10. The number of methoxy groups -OCH3 is 1. The van der Waals surface area contributed by atoms with Crippen LogP contribution in [0.5, 0.6) is 0 Å². The van der Waals surface area contributed by atoms with Crippen molar-refractivity contribution in [3.63, 3.8) is 0 Å². The SMILES string of the molecule is CCN(CC(=O)OC)Cc1cc(=O)oc2cc(C)ccc12. The van der Waals surface area contributed by atoms with Crippen LogP contribution in [-0.2, 0) is 16.1 Å². The highest BCUT2D eigenvalue weighted by Gasteiger charge is 2.13. The number of nitrogens with zero attached hydrogens (tertiary/aromatic N) is 1. The quantitative estimate of drug-likeness (QED) is 0.623. The number of aryl methyl sites for hydroxylation is 1. The van der Waals surface area contributed by atoms with Crippen LogP contribution >= 0.6 is 0 Å². The third kappa shape index (κ3) is 3.70. The van der Waals surface area contributed by atoms with E-state index in [0.29, 0.717) is 18.7 Å². The average Bonchev–Trinajstić information content (AvgIpc) is 2.45. The Kier molecular flexibility index (Phi) is 4.75. The largest absolute Gasteiger partial charge is 0.468 e. The molecule has 0 atom stereocenters. The summed E-state index contributed by atoms with van der Waals surface area (Å²) < 4.78 is 9.92. The van der Waals surface area contributed by atoms with Gasteiger partial charge in [-0.1, -0.05) is 19.1 Å². The molecule has 0 spiro atoms. The van der Waals surface area contributed by atoms with Gasteiger partial charge >= 0.3 is 11.6 Å². The minimum absolute atomic E-state index is 0.195. The summed E-state index contributed by atoms with van der Waals surface area (Å²) >= 11 is 0. The molecule has 1 aromatic heterocycles. The molecule has 0 aliphatic carbocycles. The number of hydrogen-bond donors (Lipinski definition) is 0. The molecular weight excluding hydrogens is 270 g/mol. The maximum absolute atomic E-state index is 11.7. The van der Waals surface area contributed by atoms with E-state index in [-0.39, 0.29) is 18.1 Å². The van der Waals surface area contributed by atoms with Gasteiger partial charge in [-0.25, -0.2) is 4.79 Å². The van der Waals surface area contributed by atoms with E-state index >= 15 is 0 Å². The Balaban J connectivity index is 2.36. The summed E-state index contributed by atoms with van der Waals surface area (Å²) in [7, 11) is 1.37. The van der Waals surface area contributed by atoms with Crippen molar-refractivity contribution < 1.29 is 13.9 Å². The van der Waals surface area contributed by atoms with Crippen LogP contribution in [0.2, 0.25) is 0 Å². The molecule has 5 heteroatoms. The molecule has 1 aromatic carbocycles. The second-order valence-corrected chi connectivity index (χ2v) is 4.97. The zero-order valence-corrected chi connectivity index (χ0v) is 12.5. The maximum atomic E-state index is 11.7. The smallest absolute Gasteiger partial charge is 0.336 e. The summed E-state index contributed by atoms with van der Waals surface area (Å²) in [4.78, 5) is 25.0. The second-order valence-electron chi connectivity index (χ2n) is 4.97. The van der Waals surface area contributed by atoms with Gasteiger partial charge in [-0.3, -0.25) is 9.69 Å². The molecule has 0 N–H and O–H groups in total. The Labute approximate surface area is 123 Å². The molecule has 0 saturated carbocycles. The van der Waals surface area contributed by atoms with Gasteiger partial charge in [-0.15, -0.1) is 0 Å². The van der Waals surface area contributed by atoms with Crippen molar-refractivity contribution in [3.05, 3.63) is 45.8 Å². The van der Waals surface area contributed by atoms with Crippen molar-refractivity contribution >= 4 is 16.9 Å². The summed E-state index contributed by atoms with van der Waals surface area (Å²) in [5.74, 6) is -0.292. The van der Waals surface area contributed by atoms with Crippen LogP contribution in [0.15, 0.2) is 33.5 Å². The summed E-state index contributed by atoms with van der Waals surface area (Å²) in [5, 5.41) is 0.892. The highest BCUT2D eigenvalue weighted by molar-refractivity contribution is 5.80. The first-order valence-corrected chi connectivity index (χ1v) is 6.86. The van der Waals surface area contributed by atoms with Crippen molar-refractivity contribution in [2.75, 3.05) is 20.2 Å². The van der Waals surface area contributed by atoms with E-state index in [2.05, 4.69) is 4.74 Å². The molecule has 0 unspecified atom stereocenters. The minimum Gasteiger partial charge on any atom is -0.468 e. The zero-order chi connectivity index (χ0) is 15.4. The van der Waals surface area contributed by atoms with Gasteiger partial charge in [0.1, 0.15) is 5.58 Å². The first-order valence-electron chi connectivity index (χ1n) is 6.86. The summed E-state index contributed by atoms with van der Waals surface area (Å²) in [6, 6.07) is 7.24. The minimum atomic E-state index is -0.378. The van der Waals surface area contributed by atoms with Crippen LogP contribution in [0.4, 0.5) is 0 Å². The van der Waals surface area contributed by atoms with E-state index in [1.807, 2.05) is 36.9 Å².